The molecule has 0 heterocycles. The van der Waals surface area contributed by atoms with Gasteiger partial charge in [-0.25, -0.2) is 0 Å². The van der Waals surface area contributed by atoms with Gasteiger partial charge >= 0.3 is 0 Å². The van der Waals surface area contributed by atoms with Gasteiger partial charge in [-0.15, -0.1) is 0 Å². The number of para-hydroxylation sites is 1. The van der Waals surface area contributed by atoms with Crippen molar-refractivity contribution in [3.05, 3.63) is 29.8 Å². The quantitative estimate of drug-likeness (QED) is 0.540. The molecule has 0 aliphatic heterocycles. The molecule has 0 radical (unpaired) electrons. The van der Waals surface area contributed by atoms with Gasteiger partial charge in [0.25, 0.3) is 5.91 Å². The van der Waals surface area contributed by atoms with Crippen molar-refractivity contribution >= 4 is 28.8 Å². The highest BCUT2D eigenvalue weighted by molar-refractivity contribution is 7.80. The lowest BCUT2D eigenvalue weighted by atomic mass is 10.1. The molecule has 21 heavy (non-hydrogen) atoms. The number of carbonyl (C=O) groups is 1. The average Bonchev–Trinajstić information content (AvgIpc) is 2.47. The van der Waals surface area contributed by atoms with Gasteiger partial charge in [0.2, 0.25) is 0 Å². The summed E-state index contributed by atoms with van der Waals surface area (Å²) in [6.45, 7) is 5.29. The van der Waals surface area contributed by atoms with Gasteiger partial charge < -0.3 is 20.5 Å². The summed E-state index contributed by atoms with van der Waals surface area (Å²) in [5.41, 5.74) is 6.85. The maximum absolute atomic E-state index is 12.0. The van der Waals surface area contributed by atoms with Crippen molar-refractivity contribution in [2.24, 2.45) is 5.73 Å². The topological polar surface area (TPSA) is 73.6 Å². The van der Waals surface area contributed by atoms with E-state index in [0.29, 0.717) is 31.1 Å². The van der Waals surface area contributed by atoms with Crippen LogP contribution in [0.4, 0.5) is 5.69 Å². The number of benzene rings is 1. The molecule has 0 aromatic heterocycles. The van der Waals surface area contributed by atoms with Gasteiger partial charge in [0.1, 0.15) is 11.1 Å². The first-order chi connectivity index (χ1) is 10.1. The van der Waals surface area contributed by atoms with E-state index in [1.54, 1.807) is 19.1 Å². The van der Waals surface area contributed by atoms with Crippen LogP contribution in [0.3, 0.4) is 0 Å². The highest BCUT2D eigenvalue weighted by Gasteiger charge is 2.15. The Morgan fingerprint density at radius 2 is 2.05 bits per heavy atom. The fourth-order valence-corrected chi connectivity index (χ4v) is 1.83. The summed E-state index contributed by atoms with van der Waals surface area (Å²) in [5, 5.41) is 2.77. The van der Waals surface area contributed by atoms with Crippen molar-refractivity contribution in [3.8, 4) is 0 Å². The molecule has 1 rings (SSSR count). The molecule has 1 amide bonds. The second-order valence-electron chi connectivity index (χ2n) is 4.52. The number of rotatable bonds is 9. The maximum atomic E-state index is 12.0. The van der Waals surface area contributed by atoms with E-state index in [4.69, 9.17) is 27.4 Å². The molecule has 1 atom stereocenters. The van der Waals surface area contributed by atoms with Crippen molar-refractivity contribution in [2.45, 2.75) is 26.4 Å². The predicted octanol–water partition coefficient (Wildman–Crippen LogP) is 2.09. The molecule has 0 saturated heterocycles. The van der Waals surface area contributed by atoms with E-state index >= 15 is 0 Å². The third-order valence-corrected chi connectivity index (χ3v) is 2.98. The smallest absolute Gasteiger partial charge is 0.253 e. The Bertz CT molecular complexity index is 480. The number of thiocarbonyl (C=S) groups is 1. The lowest BCUT2D eigenvalue weighted by Gasteiger charge is -2.15. The molecule has 0 aliphatic rings. The number of nitrogens with one attached hydrogen (secondary N) is 1. The molecule has 0 bridgehead atoms. The summed E-state index contributed by atoms with van der Waals surface area (Å²) in [5.74, 6) is -0.241. The fraction of sp³-hybridized carbons (Fsp3) is 0.467. The lowest BCUT2D eigenvalue weighted by molar-refractivity contribution is -0.127. The Hall–Kier alpha value is -1.50. The van der Waals surface area contributed by atoms with E-state index in [1.807, 2.05) is 19.1 Å². The number of ether oxygens (including phenoxy) is 2. The number of anilines is 1. The Kier molecular flexibility index (Phi) is 7.89. The molecule has 116 valence electrons. The third-order valence-electron chi connectivity index (χ3n) is 2.76. The monoisotopic (exact) mass is 310 g/mol. The Balaban J connectivity index is 2.47. The summed E-state index contributed by atoms with van der Waals surface area (Å²) in [6.07, 6.45) is 0.390. The zero-order valence-electron chi connectivity index (χ0n) is 12.4. The summed E-state index contributed by atoms with van der Waals surface area (Å²) in [6, 6.07) is 7.14. The zero-order chi connectivity index (χ0) is 15.7. The van der Waals surface area contributed by atoms with E-state index in [2.05, 4.69) is 5.32 Å². The van der Waals surface area contributed by atoms with Crippen LogP contribution in [-0.2, 0) is 14.3 Å². The number of carbonyl (C=O) groups excluding carboxylic acids is 1. The molecule has 6 heteroatoms. The standard InChI is InChI=1S/C15H22N2O3S/c1-3-8-19-9-10-20-11(2)15(18)17-13-7-5-4-6-12(13)14(16)21/h4-7,11H,3,8-10H2,1-2H3,(H2,16,21)(H,17,18). The fourth-order valence-electron chi connectivity index (χ4n) is 1.65. The number of hydrogen-bond donors (Lipinski definition) is 2. The van der Waals surface area contributed by atoms with E-state index in [0.717, 1.165) is 6.42 Å². The normalized spacial score (nSPS) is 11.9. The first-order valence-corrected chi connectivity index (χ1v) is 7.36. The second kappa shape index (κ2) is 9.44. The van der Waals surface area contributed by atoms with Gasteiger partial charge in [0.05, 0.1) is 18.9 Å². The van der Waals surface area contributed by atoms with E-state index in [-0.39, 0.29) is 10.9 Å². The summed E-state index contributed by atoms with van der Waals surface area (Å²) < 4.78 is 10.7. The first-order valence-electron chi connectivity index (χ1n) is 6.95. The SMILES string of the molecule is CCCOCCOC(C)C(=O)Nc1ccccc1C(N)=S. The van der Waals surface area contributed by atoms with Crippen molar-refractivity contribution in [2.75, 3.05) is 25.1 Å². The van der Waals surface area contributed by atoms with E-state index in [9.17, 15) is 4.79 Å². The Morgan fingerprint density at radius 3 is 2.71 bits per heavy atom. The van der Waals surface area contributed by atoms with Crippen LogP contribution in [0.1, 0.15) is 25.8 Å². The minimum Gasteiger partial charge on any atom is -0.389 e. The molecule has 5 nitrogen and oxygen atoms in total. The molecular formula is C15H22N2O3S. The molecule has 1 aromatic carbocycles. The van der Waals surface area contributed by atoms with E-state index < -0.39 is 6.10 Å². The minimum absolute atomic E-state index is 0.241. The largest absolute Gasteiger partial charge is 0.389 e. The van der Waals surface area contributed by atoms with Crippen LogP contribution < -0.4 is 11.1 Å². The van der Waals surface area contributed by atoms with E-state index in [1.165, 1.54) is 0 Å². The van der Waals surface area contributed by atoms with Crippen LogP contribution in [0.5, 0.6) is 0 Å². The average molecular weight is 310 g/mol. The number of amides is 1. The number of hydrogen-bond acceptors (Lipinski definition) is 4. The summed E-state index contributed by atoms with van der Waals surface area (Å²) in [7, 11) is 0. The highest BCUT2D eigenvalue weighted by atomic mass is 32.1. The summed E-state index contributed by atoms with van der Waals surface area (Å²) >= 11 is 4.96. The Labute approximate surface area is 130 Å². The molecule has 0 fully saturated rings. The first kappa shape index (κ1) is 17.6. The van der Waals surface area contributed by atoms with Gasteiger partial charge in [-0.05, 0) is 25.5 Å². The number of nitrogens with two attached hydrogens (primary N) is 1. The van der Waals surface area contributed by atoms with Gasteiger partial charge in [-0.1, -0.05) is 31.3 Å². The van der Waals surface area contributed by atoms with Crippen LogP contribution in [0.2, 0.25) is 0 Å². The molecule has 0 saturated carbocycles. The van der Waals surface area contributed by atoms with Crippen LogP contribution in [0.15, 0.2) is 24.3 Å². The van der Waals surface area contributed by atoms with Crippen molar-refractivity contribution < 1.29 is 14.3 Å². The van der Waals surface area contributed by atoms with Gasteiger partial charge in [-0.3, -0.25) is 4.79 Å². The maximum Gasteiger partial charge on any atom is 0.253 e. The molecule has 0 aliphatic carbocycles. The molecule has 3 N–H and O–H groups in total. The summed E-state index contributed by atoms with van der Waals surface area (Å²) in [4.78, 5) is 12.3. The highest BCUT2D eigenvalue weighted by Crippen LogP contribution is 2.15. The molecule has 1 unspecified atom stereocenters. The van der Waals surface area contributed by atoms with Crippen molar-refractivity contribution in [3.63, 3.8) is 0 Å². The minimum atomic E-state index is -0.574. The second-order valence-corrected chi connectivity index (χ2v) is 4.96. The van der Waals surface area contributed by atoms with Crippen LogP contribution in [-0.4, -0.2) is 36.8 Å². The molecule has 0 spiro atoms. The predicted molar refractivity (Wildman–Crippen MR) is 87.5 cm³/mol. The van der Waals surface area contributed by atoms with Crippen LogP contribution in [0, 0.1) is 0 Å². The zero-order valence-corrected chi connectivity index (χ0v) is 13.2. The van der Waals surface area contributed by atoms with Crippen molar-refractivity contribution in [1.82, 2.24) is 0 Å². The third kappa shape index (κ3) is 6.20. The van der Waals surface area contributed by atoms with Gasteiger partial charge in [0.15, 0.2) is 0 Å². The van der Waals surface area contributed by atoms with Gasteiger partial charge in [-0.2, -0.15) is 0 Å². The molecule has 1 aromatic rings. The lowest BCUT2D eigenvalue weighted by Crippen LogP contribution is -2.29. The van der Waals surface area contributed by atoms with Gasteiger partial charge in [0, 0.05) is 12.2 Å². The van der Waals surface area contributed by atoms with Crippen LogP contribution in [0.25, 0.3) is 0 Å². The molecular weight excluding hydrogens is 288 g/mol. The van der Waals surface area contributed by atoms with Crippen LogP contribution >= 0.6 is 12.2 Å². The van der Waals surface area contributed by atoms with Crippen molar-refractivity contribution in [1.29, 1.82) is 0 Å². The Morgan fingerprint density at radius 1 is 1.33 bits per heavy atom.